The Balaban J connectivity index is 2.65. The first-order valence-electron chi connectivity index (χ1n) is 5.85. The summed E-state index contributed by atoms with van der Waals surface area (Å²) in [7, 11) is -5.86. The van der Waals surface area contributed by atoms with E-state index in [4.69, 9.17) is 5.26 Å². The molecule has 0 aromatic carbocycles. The predicted molar refractivity (Wildman–Crippen MR) is 69.7 cm³/mol. The largest absolute Gasteiger partial charge is 0.534 e. The molecule has 0 amide bonds. The van der Waals surface area contributed by atoms with Gasteiger partial charge in [-0.25, -0.2) is 4.52 Å². The number of hydrogen-bond donors (Lipinski definition) is 1. The number of halogens is 3. The number of fused-ring (bicyclic) bond motifs is 1. The van der Waals surface area contributed by atoms with Crippen LogP contribution in [0.4, 0.5) is 18.9 Å². The van der Waals surface area contributed by atoms with Crippen LogP contribution < -0.4 is 9.50 Å². The van der Waals surface area contributed by atoms with Gasteiger partial charge in [0.15, 0.2) is 5.75 Å². The second kappa shape index (κ2) is 5.38. The molecule has 2 aromatic heterocycles. The summed E-state index contributed by atoms with van der Waals surface area (Å²) in [5.41, 5.74) is -5.58. The maximum Gasteiger partial charge on any atom is 0.534 e. The highest BCUT2D eigenvalue weighted by Gasteiger charge is 2.49. The highest BCUT2D eigenvalue weighted by Crippen LogP contribution is 2.32. The Kier molecular flexibility index (Phi) is 3.89. The summed E-state index contributed by atoms with van der Waals surface area (Å²) in [5, 5.41) is 15.5. The molecule has 0 fully saturated rings. The number of alkyl halides is 3. The van der Waals surface area contributed by atoms with E-state index in [1.54, 1.807) is 13.0 Å². The van der Waals surface area contributed by atoms with Gasteiger partial charge >= 0.3 is 15.6 Å². The van der Waals surface area contributed by atoms with E-state index in [1.165, 1.54) is 6.20 Å². The Bertz CT molecular complexity index is 852. The molecule has 0 aliphatic rings. The van der Waals surface area contributed by atoms with Gasteiger partial charge in [0.25, 0.3) is 0 Å². The monoisotopic (exact) mass is 334 g/mol. The maximum absolute atomic E-state index is 12.5. The van der Waals surface area contributed by atoms with Crippen LogP contribution in [0.25, 0.3) is 5.52 Å². The molecular weight excluding hydrogens is 325 g/mol. The SMILES string of the molecule is CCNc1cc(OS(=O)(=O)C(F)(F)F)c2c(C#N)cnn2c1. The average Bonchev–Trinajstić information content (AvgIpc) is 2.80. The van der Waals surface area contributed by atoms with E-state index in [2.05, 4.69) is 14.6 Å². The van der Waals surface area contributed by atoms with Crippen molar-refractivity contribution in [3.05, 3.63) is 24.0 Å². The number of aromatic nitrogens is 2. The van der Waals surface area contributed by atoms with Crippen molar-refractivity contribution in [3.8, 4) is 11.8 Å². The second-order valence-electron chi connectivity index (χ2n) is 4.07. The van der Waals surface area contributed by atoms with E-state index in [-0.39, 0.29) is 16.8 Å². The predicted octanol–water partition coefficient (Wildman–Crippen LogP) is 1.87. The molecule has 2 heterocycles. The molecule has 0 atom stereocenters. The van der Waals surface area contributed by atoms with Crippen LogP contribution in [0.15, 0.2) is 18.5 Å². The minimum absolute atomic E-state index is 0.115. The zero-order valence-corrected chi connectivity index (χ0v) is 11.9. The third-order valence-corrected chi connectivity index (χ3v) is 3.53. The van der Waals surface area contributed by atoms with Gasteiger partial charge in [0, 0.05) is 12.6 Å². The molecule has 118 valence electrons. The molecule has 11 heteroatoms. The van der Waals surface area contributed by atoms with Gasteiger partial charge in [-0.3, -0.25) is 0 Å². The van der Waals surface area contributed by atoms with Crippen LogP contribution in [0, 0.1) is 11.3 Å². The zero-order chi connectivity index (χ0) is 16.5. The molecule has 0 radical (unpaired) electrons. The average molecular weight is 334 g/mol. The van der Waals surface area contributed by atoms with Crippen LogP contribution in [0.3, 0.4) is 0 Å². The summed E-state index contributed by atoms with van der Waals surface area (Å²) in [4.78, 5) is 0. The Morgan fingerprint density at radius 3 is 2.73 bits per heavy atom. The normalized spacial score (nSPS) is 12.1. The molecule has 0 saturated heterocycles. The maximum atomic E-state index is 12.5. The summed E-state index contributed by atoms with van der Waals surface area (Å²) in [5.74, 6) is -0.634. The number of nitrogens with one attached hydrogen (secondary N) is 1. The van der Waals surface area contributed by atoms with E-state index < -0.39 is 21.4 Å². The molecule has 7 nitrogen and oxygen atoms in total. The third-order valence-electron chi connectivity index (χ3n) is 2.56. The molecule has 0 unspecified atom stereocenters. The van der Waals surface area contributed by atoms with Gasteiger partial charge in [0.2, 0.25) is 0 Å². The van der Waals surface area contributed by atoms with Gasteiger partial charge < -0.3 is 9.50 Å². The lowest BCUT2D eigenvalue weighted by Crippen LogP contribution is -2.28. The minimum atomic E-state index is -5.86. The van der Waals surface area contributed by atoms with E-state index in [1.807, 2.05) is 0 Å². The molecular formula is C11H9F3N4O3S. The highest BCUT2D eigenvalue weighted by molar-refractivity contribution is 7.88. The molecule has 2 rings (SSSR count). The van der Waals surface area contributed by atoms with Crippen molar-refractivity contribution in [2.24, 2.45) is 0 Å². The molecule has 0 bridgehead atoms. The van der Waals surface area contributed by atoms with Crippen LogP contribution in [-0.4, -0.2) is 30.1 Å². The fraction of sp³-hybridized carbons (Fsp3) is 0.273. The standard InChI is InChI=1S/C11H9F3N4O3S/c1-2-16-8-3-9(21-22(19,20)11(12,13)14)10-7(4-15)5-17-18(10)6-8/h3,5-6,16H,2H2,1H3. The Hall–Kier alpha value is -2.48. The molecule has 2 aromatic rings. The fourth-order valence-electron chi connectivity index (χ4n) is 1.70. The van der Waals surface area contributed by atoms with Gasteiger partial charge in [0.1, 0.15) is 17.1 Å². The topological polar surface area (TPSA) is 96.5 Å². The van der Waals surface area contributed by atoms with Gasteiger partial charge in [-0.05, 0) is 6.92 Å². The molecule has 0 spiro atoms. The quantitative estimate of drug-likeness (QED) is 0.677. The number of pyridine rings is 1. The summed E-state index contributed by atoms with van der Waals surface area (Å²) in [6, 6.07) is 2.77. The highest BCUT2D eigenvalue weighted by atomic mass is 32.2. The van der Waals surface area contributed by atoms with Crippen molar-refractivity contribution < 1.29 is 25.8 Å². The Labute approximate surface area is 123 Å². The van der Waals surface area contributed by atoms with Crippen LogP contribution >= 0.6 is 0 Å². The van der Waals surface area contributed by atoms with Crippen molar-refractivity contribution >= 4 is 21.3 Å². The lowest BCUT2D eigenvalue weighted by Gasteiger charge is -2.12. The van der Waals surface area contributed by atoms with Crippen molar-refractivity contribution in [2.75, 3.05) is 11.9 Å². The van der Waals surface area contributed by atoms with Crippen LogP contribution in [0.1, 0.15) is 12.5 Å². The first-order chi connectivity index (χ1) is 10.2. The Morgan fingerprint density at radius 1 is 1.50 bits per heavy atom. The number of nitrogens with zero attached hydrogens (tertiary/aromatic N) is 3. The van der Waals surface area contributed by atoms with Gasteiger partial charge in [0.05, 0.1) is 18.1 Å². The van der Waals surface area contributed by atoms with Crippen LogP contribution in [0.5, 0.6) is 5.75 Å². The summed E-state index contributed by atoms with van der Waals surface area (Å²) in [6.45, 7) is 2.17. The smallest absolute Gasteiger partial charge is 0.384 e. The minimum Gasteiger partial charge on any atom is -0.384 e. The lowest BCUT2D eigenvalue weighted by molar-refractivity contribution is -0.0499. The van der Waals surface area contributed by atoms with E-state index >= 15 is 0 Å². The molecule has 22 heavy (non-hydrogen) atoms. The van der Waals surface area contributed by atoms with Gasteiger partial charge in [-0.15, -0.1) is 0 Å². The zero-order valence-electron chi connectivity index (χ0n) is 11.0. The number of rotatable bonds is 4. The first-order valence-corrected chi connectivity index (χ1v) is 7.26. The molecule has 0 aliphatic carbocycles. The fourth-order valence-corrected chi connectivity index (χ4v) is 2.15. The summed E-state index contributed by atoms with van der Waals surface area (Å²) in [6.07, 6.45) is 2.49. The Morgan fingerprint density at radius 2 is 2.18 bits per heavy atom. The molecule has 0 saturated carbocycles. The van der Waals surface area contributed by atoms with E-state index in [0.717, 1.165) is 16.8 Å². The van der Waals surface area contributed by atoms with E-state index in [0.29, 0.717) is 6.54 Å². The third kappa shape index (κ3) is 2.77. The number of nitriles is 1. The first kappa shape index (κ1) is 15.9. The van der Waals surface area contributed by atoms with Gasteiger partial charge in [-0.2, -0.15) is 31.9 Å². The van der Waals surface area contributed by atoms with Crippen LogP contribution in [-0.2, 0) is 10.1 Å². The van der Waals surface area contributed by atoms with Crippen molar-refractivity contribution in [3.63, 3.8) is 0 Å². The van der Waals surface area contributed by atoms with Crippen LogP contribution in [0.2, 0.25) is 0 Å². The number of anilines is 1. The molecule has 1 N–H and O–H groups in total. The summed E-state index contributed by atoms with van der Waals surface area (Å²) < 4.78 is 65.0. The van der Waals surface area contributed by atoms with Crippen molar-refractivity contribution in [2.45, 2.75) is 12.4 Å². The lowest BCUT2D eigenvalue weighted by atomic mass is 10.2. The second-order valence-corrected chi connectivity index (χ2v) is 5.61. The summed E-state index contributed by atoms with van der Waals surface area (Å²) >= 11 is 0. The number of hydrogen-bond acceptors (Lipinski definition) is 6. The van der Waals surface area contributed by atoms with Crippen molar-refractivity contribution in [1.82, 2.24) is 9.61 Å². The van der Waals surface area contributed by atoms with Gasteiger partial charge in [-0.1, -0.05) is 0 Å². The molecule has 0 aliphatic heterocycles. The van der Waals surface area contributed by atoms with Crippen molar-refractivity contribution in [1.29, 1.82) is 5.26 Å². The van der Waals surface area contributed by atoms with E-state index in [9.17, 15) is 21.6 Å².